The number of aromatic nitrogens is 3. The molecule has 1 aromatic carbocycles. The number of carbonyl (C=O) groups is 1. The summed E-state index contributed by atoms with van der Waals surface area (Å²) >= 11 is 0. The van der Waals surface area contributed by atoms with Gasteiger partial charge in [-0.05, 0) is 42.2 Å². The van der Waals surface area contributed by atoms with Crippen molar-refractivity contribution in [2.24, 2.45) is 5.92 Å². The smallest absolute Gasteiger partial charge is 0.287 e. The van der Waals surface area contributed by atoms with Crippen molar-refractivity contribution >= 4 is 5.91 Å². The number of nitrogens with zero attached hydrogens (tertiary/aromatic N) is 4. The van der Waals surface area contributed by atoms with Crippen LogP contribution in [-0.2, 0) is 19.5 Å². The summed E-state index contributed by atoms with van der Waals surface area (Å²) in [5.74, 6) is 3.99. The van der Waals surface area contributed by atoms with Crippen molar-refractivity contribution in [3.8, 4) is 17.2 Å². The van der Waals surface area contributed by atoms with Gasteiger partial charge < -0.3 is 28.5 Å². The van der Waals surface area contributed by atoms with Crippen molar-refractivity contribution < 1.29 is 23.4 Å². The summed E-state index contributed by atoms with van der Waals surface area (Å²) in [4.78, 5) is 15.1. The van der Waals surface area contributed by atoms with Crippen LogP contribution in [-0.4, -0.2) is 60.0 Å². The third-order valence-electron chi connectivity index (χ3n) is 6.35. The van der Waals surface area contributed by atoms with Gasteiger partial charge in [0.2, 0.25) is 5.75 Å². The zero-order valence-corrected chi connectivity index (χ0v) is 21.6. The second-order valence-electron chi connectivity index (χ2n) is 9.32. The van der Waals surface area contributed by atoms with Crippen LogP contribution in [0.5, 0.6) is 17.2 Å². The fourth-order valence-electron chi connectivity index (χ4n) is 4.63. The Hall–Kier alpha value is -3.53. The molecule has 1 aliphatic heterocycles. The van der Waals surface area contributed by atoms with Gasteiger partial charge in [0.05, 0.1) is 33.6 Å². The second-order valence-corrected chi connectivity index (χ2v) is 9.32. The van der Waals surface area contributed by atoms with E-state index in [1.54, 1.807) is 33.5 Å². The quantitative estimate of drug-likeness (QED) is 0.454. The number of ether oxygens (including phenoxy) is 3. The lowest BCUT2D eigenvalue weighted by Crippen LogP contribution is -2.32. The number of rotatable bonds is 10. The highest BCUT2D eigenvalue weighted by Crippen LogP contribution is 2.38. The van der Waals surface area contributed by atoms with E-state index in [0.29, 0.717) is 23.2 Å². The molecule has 36 heavy (non-hydrogen) atoms. The summed E-state index contributed by atoms with van der Waals surface area (Å²) in [6.45, 7) is 7.37. The fourth-order valence-corrected chi connectivity index (χ4v) is 4.63. The average molecular weight is 498 g/mol. The highest BCUT2D eigenvalue weighted by Gasteiger charge is 2.27. The highest BCUT2D eigenvalue weighted by atomic mass is 16.5. The van der Waals surface area contributed by atoms with Crippen LogP contribution in [0.15, 0.2) is 34.9 Å². The van der Waals surface area contributed by atoms with Gasteiger partial charge in [-0.2, -0.15) is 0 Å². The molecular formula is C26H35N5O5. The van der Waals surface area contributed by atoms with Crippen LogP contribution in [0.3, 0.4) is 0 Å². The predicted octanol–water partition coefficient (Wildman–Crippen LogP) is 3.47. The van der Waals surface area contributed by atoms with Crippen LogP contribution in [0.2, 0.25) is 0 Å². The van der Waals surface area contributed by atoms with E-state index in [9.17, 15) is 4.79 Å². The van der Waals surface area contributed by atoms with Crippen LogP contribution in [0.25, 0.3) is 0 Å². The molecule has 0 aliphatic carbocycles. The lowest BCUT2D eigenvalue weighted by atomic mass is 10.0. The summed E-state index contributed by atoms with van der Waals surface area (Å²) in [6.07, 6.45) is 3.01. The van der Waals surface area contributed by atoms with Crippen LogP contribution in [0.4, 0.5) is 0 Å². The van der Waals surface area contributed by atoms with Gasteiger partial charge in [-0.3, -0.25) is 9.69 Å². The van der Waals surface area contributed by atoms with Crippen molar-refractivity contribution in [1.29, 1.82) is 0 Å². The fraction of sp³-hybridized carbons (Fsp3) is 0.500. The minimum Gasteiger partial charge on any atom is -0.493 e. The topological polar surface area (TPSA) is 104 Å². The third-order valence-corrected chi connectivity index (χ3v) is 6.35. The van der Waals surface area contributed by atoms with Crippen molar-refractivity contribution in [3.05, 3.63) is 53.5 Å². The van der Waals surface area contributed by atoms with Crippen molar-refractivity contribution in [2.75, 3.05) is 34.4 Å². The Morgan fingerprint density at radius 3 is 2.44 bits per heavy atom. The second kappa shape index (κ2) is 11.5. The van der Waals surface area contributed by atoms with Gasteiger partial charge in [-0.1, -0.05) is 13.8 Å². The lowest BCUT2D eigenvalue weighted by Gasteiger charge is -2.22. The zero-order valence-electron chi connectivity index (χ0n) is 21.6. The van der Waals surface area contributed by atoms with Crippen molar-refractivity contribution in [3.63, 3.8) is 0 Å². The standard InChI is InChI=1S/C26H35N5O5/c1-17(2)13-19(27-26(32)20-7-6-12-36-20)25-29-28-23-8-9-30(10-11-31(23)25)16-18-14-21(33-3)24(35-5)22(15-18)34-4/h6-7,12,14-15,17,19H,8-11,13,16H2,1-5H3,(H,27,32)/t19-/m0/s1. The zero-order chi connectivity index (χ0) is 25.7. The third kappa shape index (κ3) is 5.64. The maximum absolute atomic E-state index is 12.7. The molecule has 0 radical (unpaired) electrons. The van der Waals surface area contributed by atoms with E-state index in [0.717, 1.165) is 56.2 Å². The molecule has 1 atom stereocenters. The van der Waals surface area contributed by atoms with Gasteiger partial charge in [-0.15, -0.1) is 10.2 Å². The Morgan fingerprint density at radius 1 is 1.08 bits per heavy atom. The van der Waals surface area contributed by atoms with Gasteiger partial charge in [0, 0.05) is 32.6 Å². The number of furan rings is 1. The number of amides is 1. The number of carbonyl (C=O) groups excluding carboxylic acids is 1. The first kappa shape index (κ1) is 25.6. The van der Waals surface area contributed by atoms with Gasteiger partial charge in [0.25, 0.3) is 5.91 Å². The molecule has 1 aliphatic rings. The summed E-state index contributed by atoms with van der Waals surface area (Å²) in [5, 5.41) is 12.1. The maximum Gasteiger partial charge on any atom is 0.287 e. The average Bonchev–Trinajstić information content (AvgIpc) is 3.51. The predicted molar refractivity (Wildman–Crippen MR) is 133 cm³/mol. The molecule has 3 aromatic rings. The minimum absolute atomic E-state index is 0.249. The summed E-state index contributed by atoms with van der Waals surface area (Å²) in [5.41, 5.74) is 1.07. The van der Waals surface area contributed by atoms with Crippen LogP contribution in [0.1, 0.15) is 54.1 Å². The summed E-state index contributed by atoms with van der Waals surface area (Å²) in [6, 6.07) is 7.08. The molecule has 0 bridgehead atoms. The minimum atomic E-state index is -0.259. The molecule has 10 heteroatoms. The molecular weight excluding hydrogens is 462 g/mol. The van der Waals surface area contributed by atoms with Crippen LogP contribution < -0.4 is 19.5 Å². The summed E-state index contributed by atoms with van der Waals surface area (Å²) in [7, 11) is 4.85. The largest absolute Gasteiger partial charge is 0.493 e. The Balaban J connectivity index is 1.50. The van der Waals surface area contributed by atoms with E-state index < -0.39 is 0 Å². The van der Waals surface area contributed by atoms with Gasteiger partial charge >= 0.3 is 0 Å². The van der Waals surface area contributed by atoms with E-state index in [2.05, 4.69) is 38.8 Å². The van der Waals surface area contributed by atoms with E-state index >= 15 is 0 Å². The molecule has 194 valence electrons. The number of hydrogen-bond donors (Lipinski definition) is 1. The van der Waals surface area contributed by atoms with Crippen molar-refractivity contribution in [1.82, 2.24) is 25.0 Å². The highest BCUT2D eigenvalue weighted by molar-refractivity contribution is 5.91. The van der Waals surface area contributed by atoms with Gasteiger partial charge in [0.1, 0.15) is 5.82 Å². The molecule has 0 fully saturated rings. The Bertz CT molecular complexity index is 1130. The number of benzene rings is 1. The van der Waals surface area contributed by atoms with Gasteiger partial charge in [0.15, 0.2) is 23.1 Å². The number of hydrogen-bond acceptors (Lipinski definition) is 8. The first-order valence-corrected chi connectivity index (χ1v) is 12.2. The maximum atomic E-state index is 12.7. The van der Waals surface area contributed by atoms with Crippen LogP contribution in [0, 0.1) is 5.92 Å². The Kier molecular flexibility index (Phi) is 8.14. The Labute approximate surface area is 211 Å². The Morgan fingerprint density at radius 2 is 1.83 bits per heavy atom. The van der Waals surface area contributed by atoms with E-state index in [4.69, 9.17) is 18.6 Å². The SMILES string of the molecule is COc1cc(CN2CCc3nnc([C@H](CC(C)C)NC(=O)c4ccco4)n3CC2)cc(OC)c1OC. The van der Waals surface area contributed by atoms with E-state index in [1.165, 1.54) is 6.26 Å². The molecule has 3 heterocycles. The molecule has 0 saturated carbocycles. The van der Waals surface area contributed by atoms with Crippen LogP contribution >= 0.6 is 0 Å². The molecule has 0 saturated heterocycles. The first-order chi connectivity index (χ1) is 17.4. The molecule has 0 spiro atoms. The molecule has 2 aromatic heterocycles. The summed E-state index contributed by atoms with van der Waals surface area (Å²) < 4.78 is 23.9. The molecule has 10 nitrogen and oxygen atoms in total. The van der Waals surface area contributed by atoms with Crippen molar-refractivity contribution in [2.45, 2.75) is 45.8 Å². The van der Waals surface area contributed by atoms with E-state index in [1.807, 2.05) is 12.1 Å². The molecule has 1 amide bonds. The number of nitrogens with one attached hydrogen (secondary N) is 1. The lowest BCUT2D eigenvalue weighted by molar-refractivity contribution is 0.0900. The van der Waals surface area contributed by atoms with E-state index in [-0.39, 0.29) is 17.7 Å². The first-order valence-electron chi connectivity index (χ1n) is 12.2. The number of fused-ring (bicyclic) bond motifs is 1. The monoisotopic (exact) mass is 497 g/mol. The molecule has 0 unspecified atom stereocenters. The van der Waals surface area contributed by atoms with Gasteiger partial charge in [-0.25, -0.2) is 0 Å². The molecule has 4 rings (SSSR count). The number of methoxy groups -OCH3 is 3. The molecule has 1 N–H and O–H groups in total. The normalized spacial score (nSPS) is 14.7.